The van der Waals surface area contributed by atoms with Crippen molar-refractivity contribution in [2.75, 3.05) is 13.7 Å². The Bertz CT molecular complexity index is 1880. The summed E-state index contributed by atoms with van der Waals surface area (Å²) in [5.41, 5.74) is 1.69. The number of esters is 1. The number of thiazole rings is 1. The molecule has 4 heterocycles. The van der Waals surface area contributed by atoms with Gasteiger partial charge < -0.3 is 18.9 Å². The Morgan fingerprint density at radius 3 is 2.78 bits per heavy atom. The van der Waals surface area contributed by atoms with Crippen LogP contribution in [0.3, 0.4) is 0 Å². The monoisotopic (exact) mass is 592 g/mol. The Morgan fingerprint density at radius 1 is 1.22 bits per heavy atom. The van der Waals surface area contributed by atoms with Gasteiger partial charge in [-0.3, -0.25) is 14.2 Å². The average molecular weight is 593 g/mol. The van der Waals surface area contributed by atoms with E-state index in [0.29, 0.717) is 60.0 Å². The molecule has 1 aliphatic heterocycles. The minimum absolute atomic E-state index is 0.196. The second-order valence-corrected chi connectivity index (χ2v) is 11.1. The topological polar surface area (TPSA) is 129 Å². The van der Waals surface area contributed by atoms with Crippen molar-refractivity contribution >= 4 is 35.1 Å². The molecule has 4 aromatic rings. The van der Waals surface area contributed by atoms with E-state index in [1.54, 1.807) is 39.2 Å². The molecule has 0 saturated carbocycles. The molecule has 0 radical (unpaired) electrons. The first-order chi connectivity index (χ1) is 19.8. The van der Waals surface area contributed by atoms with Gasteiger partial charge in [-0.05, 0) is 61.9 Å². The van der Waals surface area contributed by atoms with Crippen molar-refractivity contribution in [1.29, 1.82) is 0 Å². The number of carbonyl (C=O) groups excluding carboxylic acids is 1. The lowest BCUT2D eigenvalue weighted by atomic mass is 9.94. The first-order valence-corrected chi connectivity index (χ1v) is 14.7. The number of furan rings is 1. The first kappa shape index (κ1) is 28.4. The van der Waals surface area contributed by atoms with E-state index in [9.17, 15) is 14.4 Å². The Hall–Kier alpha value is -4.16. The van der Waals surface area contributed by atoms with E-state index >= 15 is 0 Å². The molecule has 0 amide bonds. The van der Waals surface area contributed by atoms with Gasteiger partial charge in [-0.15, -0.1) is 0 Å². The molecule has 0 fully saturated rings. The maximum atomic E-state index is 13.9. The van der Waals surface area contributed by atoms with Gasteiger partial charge in [-0.2, -0.15) is 0 Å². The predicted molar refractivity (Wildman–Crippen MR) is 155 cm³/mol. The van der Waals surface area contributed by atoms with Crippen molar-refractivity contribution in [3.05, 3.63) is 101 Å². The number of allylic oxidation sites excluding steroid dienone is 1. The molecule has 0 unspecified atom stereocenters. The quantitative estimate of drug-likeness (QED) is 0.230. The highest BCUT2D eigenvalue weighted by atomic mass is 32.2. The van der Waals surface area contributed by atoms with Crippen LogP contribution < -0.4 is 25.2 Å². The maximum Gasteiger partial charge on any atom is 0.338 e. The molecule has 212 valence electrons. The van der Waals surface area contributed by atoms with E-state index in [1.165, 1.54) is 33.7 Å². The van der Waals surface area contributed by atoms with Gasteiger partial charge in [0.1, 0.15) is 11.5 Å². The zero-order valence-electron chi connectivity index (χ0n) is 22.9. The number of hydrogen-bond donors (Lipinski definition) is 1. The maximum absolute atomic E-state index is 13.9. The van der Waals surface area contributed by atoms with Crippen molar-refractivity contribution in [3.63, 3.8) is 0 Å². The number of fused-ring (bicyclic) bond motifs is 1. The van der Waals surface area contributed by atoms with Crippen LogP contribution in [0.5, 0.6) is 5.75 Å². The van der Waals surface area contributed by atoms with Crippen LogP contribution in [-0.4, -0.2) is 34.2 Å². The number of nitrogens with zero attached hydrogens (tertiary/aromatic N) is 3. The molecule has 1 N–H and O–H groups in total. The average Bonchev–Trinajstić information content (AvgIpc) is 3.50. The van der Waals surface area contributed by atoms with Crippen LogP contribution in [-0.2, 0) is 9.53 Å². The van der Waals surface area contributed by atoms with Gasteiger partial charge in [0, 0.05) is 17.8 Å². The van der Waals surface area contributed by atoms with Gasteiger partial charge in [0.15, 0.2) is 15.1 Å². The van der Waals surface area contributed by atoms with E-state index in [1.807, 2.05) is 31.2 Å². The fourth-order valence-corrected chi connectivity index (χ4v) is 6.34. The van der Waals surface area contributed by atoms with Crippen molar-refractivity contribution in [2.24, 2.45) is 4.99 Å². The first-order valence-electron chi connectivity index (χ1n) is 13.0. The third-order valence-corrected chi connectivity index (χ3v) is 8.01. The second-order valence-electron chi connectivity index (χ2n) is 9.14. The molecule has 5 rings (SSSR count). The van der Waals surface area contributed by atoms with Crippen LogP contribution in [0.25, 0.3) is 6.08 Å². The van der Waals surface area contributed by atoms with Crippen molar-refractivity contribution < 1.29 is 18.7 Å². The molecule has 10 nitrogen and oxygen atoms in total. The van der Waals surface area contributed by atoms with Gasteiger partial charge in [0.05, 0.1) is 35.6 Å². The van der Waals surface area contributed by atoms with Gasteiger partial charge in [-0.1, -0.05) is 36.8 Å². The number of ether oxygens (including phenoxy) is 2. The van der Waals surface area contributed by atoms with Crippen LogP contribution in [0, 0.1) is 6.92 Å². The predicted octanol–water partition coefficient (Wildman–Crippen LogP) is 3.72. The zero-order valence-corrected chi connectivity index (χ0v) is 24.6. The van der Waals surface area contributed by atoms with Crippen molar-refractivity contribution in [1.82, 2.24) is 14.5 Å². The molecule has 0 saturated heterocycles. The number of aromatic amines is 1. The molecular weight excluding hydrogens is 564 g/mol. The molecule has 3 aromatic heterocycles. The largest absolute Gasteiger partial charge is 0.497 e. The Kier molecular flexibility index (Phi) is 8.41. The number of nitrogens with one attached hydrogen (secondary N) is 1. The summed E-state index contributed by atoms with van der Waals surface area (Å²) in [7, 11) is 1.57. The molecule has 0 aliphatic carbocycles. The Balaban J connectivity index is 1.62. The van der Waals surface area contributed by atoms with Gasteiger partial charge in [0.25, 0.3) is 11.1 Å². The van der Waals surface area contributed by atoms with E-state index in [0.717, 1.165) is 6.42 Å². The molecule has 0 bridgehead atoms. The lowest BCUT2D eigenvalue weighted by Crippen LogP contribution is -2.40. The summed E-state index contributed by atoms with van der Waals surface area (Å²) >= 11 is 2.40. The van der Waals surface area contributed by atoms with Crippen LogP contribution in [0.1, 0.15) is 49.7 Å². The third-order valence-electron chi connectivity index (χ3n) is 6.22. The SMILES string of the molecule is CCCC1=C(C(=O)OCC)[C@@H](c2cccc(OC)c2)n2c(s/c(=C/c3ccc(Sc4nc(C)cc(=O)[nH]4)o3)c2=O)=N1. The van der Waals surface area contributed by atoms with E-state index in [2.05, 4.69) is 9.97 Å². The number of hydrogen-bond acceptors (Lipinski definition) is 10. The minimum Gasteiger partial charge on any atom is -0.497 e. The second kappa shape index (κ2) is 12.1. The number of H-pyrrole nitrogens is 1. The van der Waals surface area contributed by atoms with Crippen LogP contribution in [0.15, 0.2) is 83.0 Å². The number of methoxy groups -OCH3 is 1. The highest BCUT2D eigenvalue weighted by Crippen LogP contribution is 2.34. The lowest BCUT2D eigenvalue weighted by Gasteiger charge is -2.26. The summed E-state index contributed by atoms with van der Waals surface area (Å²) in [6.45, 7) is 5.69. The number of carbonyl (C=O) groups is 1. The summed E-state index contributed by atoms with van der Waals surface area (Å²) in [5, 5.41) is 0.908. The molecular formula is C29H28N4O6S2. The molecule has 1 aliphatic rings. The number of rotatable bonds is 9. The zero-order chi connectivity index (χ0) is 29.1. The van der Waals surface area contributed by atoms with Gasteiger partial charge in [-0.25, -0.2) is 14.8 Å². The lowest BCUT2D eigenvalue weighted by molar-refractivity contribution is -0.139. The smallest absolute Gasteiger partial charge is 0.338 e. The summed E-state index contributed by atoms with van der Waals surface area (Å²) in [4.78, 5) is 51.2. The van der Waals surface area contributed by atoms with Gasteiger partial charge in [0.2, 0.25) is 0 Å². The summed E-state index contributed by atoms with van der Waals surface area (Å²) in [6.07, 6.45) is 2.96. The van der Waals surface area contributed by atoms with Crippen LogP contribution in [0.2, 0.25) is 0 Å². The fourth-order valence-electron chi connectivity index (χ4n) is 4.54. The van der Waals surface area contributed by atoms with Crippen LogP contribution in [0.4, 0.5) is 0 Å². The minimum atomic E-state index is -0.740. The Labute approximate surface area is 243 Å². The summed E-state index contributed by atoms with van der Waals surface area (Å²) in [6, 6.07) is 11.5. The van der Waals surface area contributed by atoms with Crippen molar-refractivity contribution in [2.45, 2.75) is 49.9 Å². The van der Waals surface area contributed by atoms with E-state index in [4.69, 9.17) is 18.9 Å². The Morgan fingerprint density at radius 2 is 2.05 bits per heavy atom. The number of aryl methyl sites for hydroxylation is 1. The number of benzene rings is 1. The molecule has 1 atom stereocenters. The molecule has 41 heavy (non-hydrogen) atoms. The van der Waals surface area contributed by atoms with E-state index in [-0.39, 0.29) is 17.7 Å². The highest BCUT2D eigenvalue weighted by Gasteiger charge is 2.34. The summed E-state index contributed by atoms with van der Waals surface area (Å²) in [5.74, 6) is 0.549. The van der Waals surface area contributed by atoms with Gasteiger partial charge >= 0.3 is 5.97 Å². The molecule has 0 spiro atoms. The standard InChI is InChI=1S/C29H28N4O6S2/c1-5-8-20-24(27(36)38-6-2)25(17-9-7-10-18(14-17)37-4)33-26(35)21(40-29(33)31-20)15-19-11-12-23(39-19)41-28-30-16(3)13-22(34)32-28/h7,9-15,25H,5-6,8H2,1-4H3,(H,30,32,34)/b21-15+/t25-/m1/s1. The summed E-state index contributed by atoms with van der Waals surface area (Å²) < 4.78 is 18.7. The third kappa shape index (κ3) is 5.98. The van der Waals surface area contributed by atoms with Crippen molar-refractivity contribution in [3.8, 4) is 5.75 Å². The number of aromatic nitrogens is 3. The molecule has 12 heteroatoms. The normalized spacial score (nSPS) is 15.0. The highest BCUT2D eigenvalue weighted by molar-refractivity contribution is 7.99. The molecule has 1 aromatic carbocycles. The van der Waals surface area contributed by atoms with Crippen LogP contribution >= 0.6 is 23.1 Å². The van der Waals surface area contributed by atoms with E-state index < -0.39 is 12.0 Å². The fraction of sp³-hybridized carbons (Fsp3) is 0.276.